The van der Waals surface area contributed by atoms with Crippen LogP contribution in [0.5, 0.6) is 0 Å². The molecule has 6 nitrogen and oxygen atoms in total. The molecule has 1 saturated carbocycles. The summed E-state index contributed by atoms with van der Waals surface area (Å²) in [4.78, 5) is 6.41. The quantitative estimate of drug-likeness (QED) is 0.298. The predicted octanol–water partition coefficient (Wildman–Crippen LogP) is 5.32. The van der Waals surface area contributed by atoms with Crippen molar-refractivity contribution in [2.45, 2.75) is 36.5 Å². The fraction of sp³-hybridized carbons (Fsp3) is 0.500. The molecule has 2 aromatic heterocycles. The summed E-state index contributed by atoms with van der Waals surface area (Å²) in [6.45, 7) is 4.59. The number of benzene rings is 1. The van der Waals surface area contributed by atoms with Crippen molar-refractivity contribution < 1.29 is 17.6 Å². The lowest BCUT2D eigenvalue weighted by Gasteiger charge is -2.21. The second-order valence-corrected chi connectivity index (χ2v) is 10.8. The van der Waals surface area contributed by atoms with E-state index in [0.717, 1.165) is 42.2 Å². The first kappa shape index (κ1) is 22.9. The highest BCUT2D eigenvalue weighted by atomic mass is 79.9. The van der Waals surface area contributed by atoms with Crippen molar-refractivity contribution in [3.05, 3.63) is 46.0 Å². The predicted molar refractivity (Wildman–Crippen MR) is 122 cm³/mol. The van der Waals surface area contributed by atoms with Crippen LogP contribution in [-0.2, 0) is 18.6 Å². The van der Waals surface area contributed by atoms with Crippen LogP contribution < -0.4 is 0 Å². The lowest BCUT2D eigenvalue weighted by atomic mass is 9.95. The molecule has 0 spiro atoms. The minimum atomic E-state index is -4.64. The zero-order valence-corrected chi connectivity index (χ0v) is 20.6. The van der Waals surface area contributed by atoms with E-state index in [9.17, 15) is 13.2 Å². The van der Waals surface area contributed by atoms with Crippen molar-refractivity contribution in [3.63, 3.8) is 0 Å². The maximum atomic E-state index is 13.3. The average molecular weight is 542 g/mol. The minimum absolute atomic E-state index is 0.0535. The number of oxazole rings is 1. The molecule has 3 heterocycles. The number of halogens is 4. The van der Waals surface area contributed by atoms with E-state index in [4.69, 9.17) is 4.42 Å². The van der Waals surface area contributed by atoms with Gasteiger partial charge in [-0.05, 0) is 43.0 Å². The van der Waals surface area contributed by atoms with Gasteiger partial charge in [0.2, 0.25) is 5.76 Å². The number of piperidine rings is 1. The summed E-state index contributed by atoms with van der Waals surface area (Å²) in [6.07, 6.45) is -2.41. The van der Waals surface area contributed by atoms with Gasteiger partial charge in [0, 0.05) is 42.7 Å². The molecule has 11 heteroatoms. The molecule has 1 aliphatic heterocycles. The maximum Gasteiger partial charge on any atom is 0.452 e. The largest absolute Gasteiger partial charge is 0.452 e. The zero-order valence-electron chi connectivity index (χ0n) is 18.2. The van der Waals surface area contributed by atoms with Crippen molar-refractivity contribution in [2.24, 2.45) is 13.0 Å². The van der Waals surface area contributed by atoms with Gasteiger partial charge in [0.1, 0.15) is 0 Å². The topological polar surface area (TPSA) is 60.0 Å². The SMILES string of the molecule is Cc1nc(-c2nnc(SCCCN3CC4CC4(c4ccc(Br)cc4)C3)n2C)c(C(F)(F)F)o1. The molecule has 0 radical (unpaired) electrons. The van der Waals surface area contributed by atoms with Gasteiger partial charge in [0.25, 0.3) is 0 Å². The number of aromatic nitrogens is 4. The smallest absolute Gasteiger partial charge is 0.436 e. The van der Waals surface area contributed by atoms with Gasteiger partial charge in [0.15, 0.2) is 22.6 Å². The molecule has 2 atom stereocenters. The standard InChI is InChI=1S/C22H23BrF3N5OS/c1-13-27-17(18(32-13)22(24,25)26)19-28-29-20(30(19)2)33-9-3-8-31-11-15-10-21(15,12-31)14-4-6-16(23)7-5-14/h4-7,15H,3,8-12H2,1-2H3. The monoisotopic (exact) mass is 541 g/mol. The lowest BCUT2D eigenvalue weighted by Crippen LogP contribution is -2.27. The molecular weight excluding hydrogens is 519 g/mol. The second-order valence-electron chi connectivity index (χ2n) is 8.77. The van der Waals surface area contributed by atoms with Crippen LogP contribution in [0.1, 0.15) is 30.1 Å². The van der Waals surface area contributed by atoms with Gasteiger partial charge in [0.05, 0.1) is 0 Å². The third-order valence-electron chi connectivity index (χ3n) is 6.52. The molecule has 2 fully saturated rings. The normalized spacial score (nSPS) is 22.7. The van der Waals surface area contributed by atoms with Crippen LogP contribution in [0, 0.1) is 12.8 Å². The minimum Gasteiger partial charge on any atom is -0.436 e. The molecular formula is C22H23BrF3N5OS. The fourth-order valence-electron chi connectivity index (χ4n) is 4.86. The van der Waals surface area contributed by atoms with Crippen LogP contribution in [0.15, 0.2) is 38.3 Å². The number of alkyl halides is 3. The summed E-state index contributed by atoms with van der Waals surface area (Å²) in [5.41, 5.74) is 1.43. The Bertz CT molecular complexity index is 1160. The van der Waals surface area contributed by atoms with Gasteiger partial charge >= 0.3 is 6.18 Å². The Morgan fingerprint density at radius 3 is 2.73 bits per heavy atom. The molecule has 2 aliphatic rings. The first-order valence-corrected chi connectivity index (χ1v) is 12.5. The van der Waals surface area contributed by atoms with E-state index in [2.05, 4.69) is 60.3 Å². The summed E-state index contributed by atoms with van der Waals surface area (Å²) in [7, 11) is 1.65. The van der Waals surface area contributed by atoms with E-state index in [1.54, 1.807) is 11.6 Å². The van der Waals surface area contributed by atoms with Crippen molar-refractivity contribution in [1.82, 2.24) is 24.6 Å². The second kappa shape index (κ2) is 8.42. The van der Waals surface area contributed by atoms with E-state index in [-0.39, 0.29) is 17.4 Å². The van der Waals surface area contributed by atoms with Gasteiger partial charge in [-0.1, -0.05) is 39.8 Å². The van der Waals surface area contributed by atoms with E-state index < -0.39 is 11.9 Å². The summed E-state index contributed by atoms with van der Waals surface area (Å²) in [5, 5.41) is 8.59. The molecule has 1 aromatic carbocycles. The highest BCUT2D eigenvalue weighted by Gasteiger charge is 2.60. The lowest BCUT2D eigenvalue weighted by molar-refractivity contribution is -0.152. The third-order valence-corrected chi connectivity index (χ3v) is 8.16. The molecule has 0 amide bonds. The number of rotatable bonds is 7. The first-order chi connectivity index (χ1) is 15.7. The zero-order chi connectivity index (χ0) is 23.4. The molecule has 176 valence electrons. The van der Waals surface area contributed by atoms with Gasteiger partial charge in [-0.25, -0.2) is 4.98 Å². The summed E-state index contributed by atoms with van der Waals surface area (Å²) >= 11 is 5.00. The van der Waals surface area contributed by atoms with E-state index in [0.29, 0.717) is 10.6 Å². The molecule has 0 bridgehead atoms. The van der Waals surface area contributed by atoms with E-state index >= 15 is 0 Å². The molecule has 5 rings (SSSR count). The number of hydrogen-bond acceptors (Lipinski definition) is 6. The third kappa shape index (κ3) is 4.35. The Kier molecular flexibility index (Phi) is 5.85. The van der Waals surface area contributed by atoms with Crippen molar-refractivity contribution in [1.29, 1.82) is 0 Å². The highest BCUT2D eigenvalue weighted by Crippen LogP contribution is 2.59. The molecule has 2 unspecified atom stereocenters. The number of likely N-dealkylation sites (tertiary alicyclic amines) is 1. The van der Waals surface area contributed by atoms with Crippen molar-refractivity contribution in [2.75, 3.05) is 25.4 Å². The van der Waals surface area contributed by atoms with Crippen LogP contribution in [-0.4, -0.2) is 50.0 Å². The fourth-order valence-corrected chi connectivity index (χ4v) is 5.95. The molecule has 33 heavy (non-hydrogen) atoms. The van der Waals surface area contributed by atoms with Gasteiger partial charge in [-0.3, -0.25) is 0 Å². The Hall–Kier alpha value is -1.85. The number of fused-ring (bicyclic) bond motifs is 1. The molecule has 1 saturated heterocycles. The summed E-state index contributed by atoms with van der Waals surface area (Å²) in [5.74, 6) is 0.403. The average Bonchev–Trinajstić information content (AvgIpc) is 3.06. The van der Waals surface area contributed by atoms with Crippen molar-refractivity contribution in [3.8, 4) is 11.5 Å². The summed E-state index contributed by atoms with van der Waals surface area (Å²) < 4.78 is 47.2. The van der Waals surface area contributed by atoms with Crippen LogP contribution >= 0.6 is 27.7 Å². The van der Waals surface area contributed by atoms with Gasteiger partial charge in [-0.15, -0.1) is 10.2 Å². The Morgan fingerprint density at radius 2 is 2.00 bits per heavy atom. The van der Waals surface area contributed by atoms with Crippen LogP contribution in [0.25, 0.3) is 11.5 Å². The van der Waals surface area contributed by atoms with Gasteiger partial charge < -0.3 is 13.9 Å². The summed E-state index contributed by atoms with van der Waals surface area (Å²) in [6, 6.07) is 8.70. The Morgan fingerprint density at radius 1 is 1.24 bits per heavy atom. The van der Waals surface area contributed by atoms with Gasteiger partial charge in [-0.2, -0.15) is 13.2 Å². The number of nitrogens with zero attached hydrogens (tertiary/aromatic N) is 5. The molecule has 1 aliphatic carbocycles. The Balaban J connectivity index is 1.16. The first-order valence-electron chi connectivity index (χ1n) is 10.7. The van der Waals surface area contributed by atoms with E-state index in [1.807, 2.05) is 0 Å². The highest BCUT2D eigenvalue weighted by molar-refractivity contribution is 9.10. The van der Waals surface area contributed by atoms with Crippen molar-refractivity contribution >= 4 is 27.7 Å². The molecule has 0 N–H and O–H groups in total. The number of thioether (sulfide) groups is 1. The maximum absolute atomic E-state index is 13.3. The van der Waals surface area contributed by atoms with E-state index in [1.165, 1.54) is 30.7 Å². The van der Waals surface area contributed by atoms with Crippen LogP contribution in [0.2, 0.25) is 0 Å². The Labute approximate surface area is 202 Å². The van der Waals surface area contributed by atoms with Crippen LogP contribution in [0.4, 0.5) is 13.2 Å². The number of aryl methyl sites for hydroxylation is 1. The van der Waals surface area contributed by atoms with Crippen LogP contribution in [0.3, 0.4) is 0 Å². The number of hydrogen-bond donors (Lipinski definition) is 0. The molecule has 3 aromatic rings.